The zero-order valence-corrected chi connectivity index (χ0v) is 12.1. The molecule has 7 heteroatoms. The SMILES string of the molecule is NC(=S)C1(NC(=O)c2cccc(OC(F)F)c2)CCCC1. The van der Waals surface area contributed by atoms with Crippen LogP contribution in [0.4, 0.5) is 8.78 Å². The van der Waals surface area contributed by atoms with E-state index in [-0.39, 0.29) is 16.3 Å². The molecule has 4 nitrogen and oxygen atoms in total. The zero-order valence-electron chi connectivity index (χ0n) is 11.3. The van der Waals surface area contributed by atoms with Crippen LogP contribution in [-0.4, -0.2) is 23.0 Å². The molecule has 21 heavy (non-hydrogen) atoms. The Balaban J connectivity index is 2.14. The lowest BCUT2D eigenvalue weighted by Crippen LogP contribution is -2.54. The van der Waals surface area contributed by atoms with E-state index in [1.807, 2.05) is 0 Å². The number of thiocarbonyl (C=S) groups is 1. The van der Waals surface area contributed by atoms with Gasteiger partial charge in [0.2, 0.25) is 0 Å². The monoisotopic (exact) mass is 314 g/mol. The highest BCUT2D eigenvalue weighted by atomic mass is 32.1. The van der Waals surface area contributed by atoms with E-state index in [1.54, 1.807) is 0 Å². The van der Waals surface area contributed by atoms with Gasteiger partial charge in [-0.1, -0.05) is 31.1 Å². The van der Waals surface area contributed by atoms with Crippen LogP contribution in [0.1, 0.15) is 36.0 Å². The summed E-state index contributed by atoms with van der Waals surface area (Å²) < 4.78 is 28.7. The van der Waals surface area contributed by atoms with E-state index in [1.165, 1.54) is 24.3 Å². The quantitative estimate of drug-likeness (QED) is 0.820. The third-order valence-corrected chi connectivity index (χ3v) is 3.99. The van der Waals surface area contributed by atoms with E-state index >= 15 is 0 Å². The summed E-state index contributed by atoms with van der Waals surface area (Å²) in [6, 6.07) is 5.64. The number of amides is 1. The summed E-state index contributed by atoms with van der Waals surface area (Å²) in [5.74, 6) is -0.460. The predicted octanol–water partition coefficient (Wildman–Crippen LogP) is 2.62. The normalized spacial score (nSPS) is 16.7. The van der Waals surface area contributed by atoms with Gasteiger partial charge in [0.1, 0.15) is 5.75 Å². The number of nitrogens with two attached hydrogens (primary N) is 1. The van der Waals surface area contributed by atoms with Gasteiger partial charge in [-0.25, -0.2) is 0 Å². The Bertz CT molecular complexity index is 546. The molecule has 2 rings (SSSR count). The summed E-state index contributed by atoms with van der Waals surface area (Å²) in [6.07, 6.45) is 3.26. The third-order valence-electron chi connectivity index (χ3n) is 3.60. The van der Waals surface area contributed by atoms with Crippen LogP contribution < -0.4 is 15.8 Å². The first-order valence-electron chi connectivity index (χ1n) is 6.60. The van der Waals surface area contributed by atoms with Gasteiger partial charge in [-0.15, -0.1) is 0 Å². The molecule has 0 saturated heterocycles. The highest BCUT2D eigenvalue weighted by molar-refractivity contribution is 7.80. The topological polar surface area (TPSA) is 64.3 Å². The molecule has 1 amide bonds. The number of carbonyl (C=O) groups is 1. The maximum absolute atomic E-state index is 12.3. The van der Waals surface area contributed by atoms with Gasteiger partial charge < -0.3 is 15.8 Å². The fourth-order valence-corrected chi connectivity index (χ4v) is 2.77. The van der Waals surface area contributed by atoms with Crippen LogP contribution in [0, 0.1) is 0 Å². The number of carbonyl (C=O) groups excluding carboxylic acids is 1. The van der Waals surface area contributed by atoms with Crippen molar-refractivity contribution in [3.63, 3.8) is 0 Å². The van der Waals surface area contributed by atoms with Crippen LogP contribution in [0.2, 0.25) is 0 Å². The maximum Gasteiger partial charge on any atom is 0.387 e. The van der Waals surface area contributed by atoms with E-state index in [9.17, 15) is 13.6 Å². The van der Waals surface area contributed by atoms with Crippen molar-refractivity contribution in [2.24, 2.45) is 5.73 Å². The van der Waals surface area contributed by atoms with Crippen molar-refractivity contribution in [1.82, 2.24) is 5.32 Å². The van der Waals surface area contributed by atoms with Gasteiger partial charge in [0.05, 0.1) is 10.5 Å². The Kier molecular flexibility index (Phi) is 4.72. The van der Waals surface area contributed by atoms with E-state index in [0.717, 1.165) is 12.8 Å². The maximum atomic E-state index is 12.3. The molecule has 1 aliphatic carbocycles. The lowest BCUT2D eigenvalue weighted by atomic mass is 9.97. The molecule has 3 N–H and O–H groups in total. The zero-order chi connectivity index (χ0) is 15.5. The van der Waals surface area contributed by atoms with Gasteiger partial charge in [0, 0.05) is 5.56 Å². The van der Waals surface area contributed by atoms with Gasteiger partial charge >= 0.3 is 6.61 Å². The molecule has 0 aliphatic heterocycles. The Morgan fingerprint density at radius 1 is 1.38 bits per heavy atom. The molecule has 1 fully saturated rings. The first-order valence-corrected chi connectivity index (χ1v) is 7.01. The molecule has 0 aromatic heterocycles. The second-order valence-corrected chi connectivity index (χ2v) is 5.45. The molecule has 1 aromatic rings. The highest BCUT2D eigenvalue weighted by Gasteiger charge is 2.38. The summed E-state index contributed by atoms with van der Waals surface area (Å²) in [5.41, 5.74) is 5.31. The number of halogens is 2. The number of nitrogens with one attached hydrogen (secondary N) is 1. The van der Waals surface area contributed by atoms with Crippen molar-refractivity contribution in [2.45, 2.75) is 37.8 Å². The van der Waals surface area contributed by atoms with E-state index in [4.69, 9.17) is 18.0 Å². The minimum atomic E-state index is -2.93. The van der Waals surface area contributed by atoms with Gasteiger partial charge in [-0.05, 0) is 31.0 Å². The fourth-order valence-electron chi connectivity index (χ4n) is 2.51. The Morgan fingerprint density at radius 3 is 2.62 bits per heavy atom. The summed E-state index contributed by atoms with van der Waals surface area (Å²) in [6.45, 7) is -2.93. The smallest absolute Gasteiger partial charge is 0.387 e. The van der Waals surface area contributed by atoms with Crippen molar-refractivity contribution in [1.29, 1.82) is 0 Å². The summed E-state index contributed by atoms with van der Waals surface area (Å²) >= 11 is 5.06. The van der Waals surface area contributed by atoms with Crippen LogP contribution in [0.3, 0.4) is 0 Å². The average Bonchev–Trinajstić information content (AvgIpc) is 2.88. The second kappa shape index (κ2) is 6.34. The molecule has 0 heterocycles. The number of hydrogen-bond donors (Lipinski definition) is 2. The van der Waals surface area contributed by atoms with Crippen molar-refractivity contribution in [3.05, 3.63) is 29.8 Å². The number of benzene rings is 1. The molecular formula is C14H16F2N2O2S. The van der Waals surface area contributed by atoms with Gasteiger partial charge in [-0.3, -0.25) is 4.79 Å². The van der Waals surface area contributed by atoms with Crippen molar-refractivity contribution in [3.8, 4) is 5.75 Å². The van der Waals surface area contributed by atoms with Crippen LogP contribution in [0.15, 0.2) is 24.3 Å². The molecule has 0 radical (unpaired) electrons. The molecule has 0 bridgehead atoms. The molecule has 0 unspecified atom stereocenters. The average molecular weight is 314 g/mol. The summed E-state index contributed by atoms with van der Waals surface area (Å²) in [4.78, 5) is 12.5. The molecule has 114 valence electrons. The minimum absolute atomic E-state index is 0.0616. The number of hydrogen-bond acceptors (Lipinski definition) is 3. The molecule has 1 saturated carbocycles. The molecular weight excluding hydrogens is 298 g/mol. The van der Waals surface area contributed by atoms with Crippen molar-refractivity contribution < 1.29 is 18.3 Å². The molecule has 1 aliphatic rings. The summed E-state index contributed by atoms with van der Waals surface area (Å²) in [5, 5.41) is 2.84. The van der Waals surface area contributed by atoms with Gasteiger partial charge in [0.25, 0.3) is 5.91 Å². The van der Waals surface area contributed by atoms with E-state index in [0.29, 0.717) is 12.8 Å². The molecule has 0 spiro atoms. The molecule has 1 aromatic carbocycles. The highest BCUT2D eigenvalue weighted by Crippen LogP contribution is 2.30. The van der Waals surface area contributed by atoms with Gasteiger partial charge in [0.15, 0.2) is 0 Å². The van der Waals surface area contributed by atoms with E-state index in [2.05, 4.69) is 10.1 Å². The lowest BCUT2D eigenvalue weighted by molar-refractivity contribution is -0.0498. The number of ether oxygens (including phenoxy) is 1. The minimum Gasteiger partial charge on any atom is -0.435 e. The molecule has 0 atom stereocenters. The van der Waals surface area contributed by atoms with Crippen LogP contribution in [0.25, 0.3) is 0 Å². The van der Waals surface area contributed by atoms with Gasteiger partial charge in [-0.2, -0.15) is 8.78 Å². The number of rotatable bonds is 5. The first-order chi connectivity index (χ1) is 9.93. The Morgan fingerprint density at radius 2 is 2.05 bits per heavy atom. The van der Waals surface area contributed by atoms with Crippen LogP contribution >= 0.6 is 12.2 Å². The van der Waals surface area contributed by atoms with Crippen molar-refractivity contribution in [2.75, 3.05) is 0 Å². The Hall–Kier alpha value is -1.76. The van der Waals surface area contributed by atoms with Crippen molar-refractivity contribution >= 4 is 23.1 Å². The van der Waals surface area contributed by atoms with E-state index < -0.39 is 18.1 Å². The van der Waals surface area contributed by atoms with Crippen LogP contribution in [0.5, 0.6) is 5.75 Å². The largest absolute Gasteiger partial charge is 0.435 e. The lowest BCUT2D eigenvalue weighted by Gasteiger charge is -2.29. The first kappa shape index (κ1) is 15.6. The Labute approximate surface area is 126 Å². The second-order valence-electron chi connectivity index (χ2n) is 5.01. The van der Waals surface area contributed by atoms with Crippen LogP contribution in [-0.2, 0) is 0 Å². The fraction of sp³-hybridized carbons (Fsp3) is 0.429. The predicted molar refractivity (Wildman–Crippen MR) is 78.5 cm³/mol. The summed E-state index contributed by atoms with van der Waals surface area (Å²) in [7, 11) is 0. The number of alkyl halides is 2. The third kappa shape index (κ3) is 3.66. The standard InChI is InChI=1S/C14H16F2N2O2S/c15-13(16)20-10-5-3-4-9(8-10)11(19)18-14(12(17)21)6-1-2-7-14/h3-5,8,13H,1-2,6-7H2,(H2,17,21)(H,18,19).